The van der Waals surface area contributed by atoms with Gasteiger partial charge in [0.05, 0.1) is 5.56 Å². The quantitative estimate of drug-likeness (QED) is 0.427. The van der Waals surface area contributed by atoms with Gasteiger partial charge in [0.1, 0.15) is 11.4 Å². The Balaban J connectivity index is 3.24. The summed E-state index contributed by atoms with van der Waals surface area (Å²) in [7, 11) is 1.71. The number of phenols is 1. The summed E-state index contributed by atoms with van der Waals surface area (Å²) in [5.74, 6) is 4.93. The molecule has 114 valence electrons. The molecule has 0 amide bonds. The molecular weight excluding hydrogens is 289 g/mol. The SMILES string of the molecule is C=CCN(SNC)c1c(O)ccc(C#CC(C)CN)c1F. The van der Waals surface area contributed by atoms with E-state index < -0.39 is 5.82 Å². The van der Waals surface area contributed by atoms with Crippen LogP contribution in [0.4, 0.5) is 10.1 Å². The number of aromatic hydroxyl groups is 1. The number of hydrogen-bond donors (Lipinski definition) is 3. The van der Waals surface area contributed by atoms with Gasteiger partial charge in [-0.15, -0.1) is 6.58 Å². The van der Waals surface area contributed by atoms with Crippen LogP contribution in [0.25, 0.3) is 0 Å². The first kappa shape index (κ1) is 17.4. The Kier molecular flexibility index (Phi) is 7.09. The monoisotopic (exact) mass is 309 g/mol. The predicted octanol–water partition coefficient (Wildman–Crippen LogP) is 2.25. The van der Waals surface area contributed by atoms with Crippen molar-refractivity contribution in [1.82, 2.24) is 4.72 Å². The maximum Gasteiger partial charge on any atom is 0.166 e. The van der Waals surface area contributed by atoms with Crippen molar-refractivity contribution in [3.8, 4) is 17.6 Å². The molecule has 1 aromatic carbocycles. The molecule has 0 heterocycles. The smallest absolute Gasteiger partial charge is 0.166 e. The number of benzene rings is 1. The highest BCUT2D eigenvalue weighted by atomic mass is 32.2. The van der Waals surface area contributed by atoms with Gasteiger partial charge in [-0.25, -0.2) is 9.11 Å². The number of nitrogens with two attached hydrogens (primary N) is 1. The molecule has 0 aromatic heterocycles. The number of nitrogens with zero attached hydrogens (tertiary/aromatic N) is 1. The molecule has 1 rings (SSSR count). The Bertz CT molecular complexity index is 554. The van der Waals surface area contributed by atoms with Crippen molar-refractivity contribution >= 4 is 17.8 Å². The van der Waals surface area contributed by atoms with E-state index >= 15 is 0 Å². The second-order valence-electron chi connectivity index (χ2n) is 4.35. The Labute approximate surface area is 129 Å². The van der Waals surface area contributed by atoms with E-state index in [4.69, 9.17) is 5.73 Å². The van der Waals surface area contributed by atoms with Crippen LogP contribution in [0.15, 0.2) is 24.8 Å². The fourth-order valence-electron chi connectivity index (χ4n) is 1.55. The van der Waals surface area contributed by atoms with Crippen LogP contribution >= 0.6 is 12.1 Å². The highest BCUT2D eigenvalue weighted by Crippen LogP contribution is 2.35. The first-order valence-corrected chi connectivity index (χ1v) is 7.27. The Morgan fingerprint density at radius 3 is 2.90 bits per heavy atom. The van der Waals surface area contributed by atoms with Gasteiger partial charge in [-0.3, -0.25) is 4.31 Å². The van der Waals surface area contributed by atoms with Crippen molar-refractivity contribution in [3.63, 3.8) is 0 Å². The fourth-order valence-corrected chi connectivity index (χ4v) is 2.21. The zero-order chi connectivity index (χ0) is 15.8. The third-order valence-electron chi connectivity index (χ3n) is 2.65. The summed E-state index contributed by atoms with van der Waals surface area (Å²) < 4.78 is 19.0. The molecule has 0 saturated carbocycles. The number of nitrogens with one attached hydrogen (secondary N) is 1. The van der Waals surface area contributed by atoms with Crippen LogP contribution in [0.1, 0.15) is 12.5 Å². The average Bonchev–Trinajstić information content (AvgIpc) is 2.46. The highest BCUT2D eigenvalue weighted by Gasteiger charge is 2.18. The molecule has 0 bridgehead atoms. The number of halogens is 1. The molecule has 0 spiro atoms. The number of phenolic OH excluding ortho intramolecular Hbond substituents is 1. The highest BCUT2D eigenvalue weighted by molar-refractivity contribution is 7.98. The van der Waals surface area contributed by atoms with Crippen molar-refractivity contribution in [2.45, 2.75) is 6.92 Å². The standard InChI is InChI=1S/C15H20FN3OS/c1-4-9-19(21-18-3)15-13(20)8-7-12(14(15)16)6-5-11(2)10-17/h4,7-8,11,18,20H,1,9-10,17H2,2-3H3. The van der Waals surface area contributed by atoms with Crippen LogP contribution in [0.2, 0.25) is 0 Å². The van der Waals surface area contributed by atoms with E-state index in [1.54, 1.807) is 17.4 Å². The van der Waals surface area contributed by atoms with Crippen LogP contribution < -0.4 is 14.8 Å². The van der Waals surface area contributed by atoms with Crippen LogP contribution in [-0.2, 0) is 0 Å². The number of hydrogen-bond acceptors (Lipinski definition) is 5. The number of rotatable bonds is 6. The molecule has 1 aromatic rings. The lowest BCUT2D eigenvalue weighted by molar-refractivity contribution is 0.470. The summed E-state index contributed by atoms with van der Waals surface area (Å²) in [4.78, 5) is 0. The van der Waals surface area contributed by atoms with Gasteiger partial charge >= 0.3 is 0 Å². The normalized spacial score (nSPS) is 11.4. The van der Waals surface area contributed by atoms with Crippen molar-refractivity contribution in [2.75, 3.05) is 24.4 Å². The Hall–Kier alpha value is -1.68. The van der Waals surface area contributed by atoms with Crippen molar-refractivity contribution < 1.29 is 9.50 Å². The van der Waals surface area contributed by atoms with Gasteiger partial charge in [0.15, 0.2) is 5.82 Å². The molecule has 4 nitrogen and oxygen atoms in total. The van der Waals surface area contributed by atoms with E-state index in [2.05, 4.69) is 23.1 Å². The van der Waals surface area contributed by atoms with E-state index in [0.717, 1.165) is 12.1 Å². The van der Waals surface area contributed by atoms with E-state index in [9.17, 15) is 9.50 Å². The molecule has 0 aliphatic carbocycles. The molecular formula is C15H20FN3OS. The summed E-state index contributed by atoms with van der Waals surface area (Å²) in [6.45, 7) is 6.28. The van der Waals surface area contributed by atoms with Crippen molar-refractivity contribution in [1.29, 1.82) is 0 Å². The molecule has 0 fully saturated rings. The van der Waals surface area contributed by atoms with Gasteiger partial charge in [-0.2, -0.15) is 0 Å². The molecule has 1 unspecified atom stereocenters. The van der Waals surface area contributed by atoms with Crippen LogP contribution in [-0.4, -0.2) is 25.2 Å². The summed E-state index contributed by atoms with van der Waals surface area (Å²) in [5, 5.41) is 9.94. The van der Waals surface area contributed by atoms with Gasteiger partial charge < -0.3 is 10.8 Å². The van der Waals surface area contributed by atoms with Crippen molar-refractivity contribution in [2.24, 2.45) is 11.7 Å². The minimum atomic E-state index is -0.559. The molecule has 21 heavy (non-hydrogen) atoms. The minimum Gasteiger partial charge on any atom is -0.506 e. The largest absolute Gasteiger partial charge is 0.506 e. The summed E-state index contributed by atoms with van der Waals surface area (Å²) in [5.41, 5.74) is 5.80. The Morgan fingerprint density at radius 1 is 1.62 bits per heavy atom. The van der Waals surface area contributed by atoms with Crippen molar-refractivity contribution in [3.05, 3.63) is 36.2 Å². The molecule has 6 heteroatoms. The van der Waals surface area contributed by atoms with Gasteiger partial charge in [-0.05, 0) is 19.2 Å². The molecule has 0 aliphatic rings. The molecule has 0 aliphatic heterocycles. The second-order valence-corrected chi connectivity index (χ2v) is 5.38. The molecule has 1 atom stereocenters. The van der Waals surface area contributed by atoms with Crippen LogP contribution in [0, 0.1) is 23.6 Å². The van der Waals surface area contributed by atoms with Gasteiger partial charge in [0.25, 0.3) is 0 Å². The first-order chi connectivity index (χ1) is 10.0. The lowest BCUT2D eigenvalue weighted by Crippen LogP contribution is -2.20. The van der Waals surface area contributed by atoms with E-state index in [0.29, 0.717) is 13.1 Å². The maximum absolute atomic E-state index is 14.6. The van der Waals surface area contributed by atoms with Gasteiger partial charge in [-0.1, -0.05) is 24.8 Å². The molecule has 0 radical (unpaired) electrons. The van der Waals surface area contributed by atoms with Gasteiger partial charge in [0, 0.05) is 31.1 Å². The zero-order valence-corrected chi connectivity index (χ0v) is 13.0. The molecule has 0 saturated heterocycles. The van der Waals surface area contributed by atoms with Crippen LogP contribution in [0.5, 0.6) is 5.75 Å². The predicted molar refractivity (Wildman–Crippen MR) is 87.4 cm³/mol. The zero-order valence-electron chi connectivity index (χ0n) is 12.2. The van der Waals surface area contributed by atoms with E-state index in [1.165, 1.54) is 12.1 Å². The van der Waals surface area contributed by atoms with E-state index in [1.807, 2.05) is 6.92 Å². The fraction of sp³-hybridized carbons (Fsp3) is 0.333. The lowest BCUT2D eigenvalue weighted by atomic mass is 10.1. The third kappa shape index (κ3) is 4.67. The Morgan fingerprint density at radius 2 is 2.33 bits per heavy atom. The second kappa shape index (κ2) is 8.57. The summed E-state index contributed by atoms with van der Waals surface area (Å²) in [6, 6.07) is 2.89. The third-order valence-corrected chi connectivity index (χ3v) is 3.38. The topological polar surface area (TPSA) is 61.5 Å². The van der Waals surface area contributed by atoms with E-state index in [-0.39, 0.29) is 22.9 Å². The lowest BCUT2D eigenvalue weighted by Gasteiger charge is -2.22. The average molecular weight is 309 g/mol. The molecule has 4 N–H and O–H groups in total. The summed E-state index contributed by atoms with van der Waals surface area (Å²) >= 11 is 1.16. The van der Waals surface area contributed by atoms with Crippen LogP contribution in [0.3, 0.4) is 0 Å². The first-order valence-electron chi connectivity index (χ1n) is 6.50. The van der Waals surface area contributed by atoms with Gasteiger partial charge in [0.2, 0.25) is 0 Å². The summed E-state index contributed by atoms with van der Waals surface area (Å²) in [6.07, 6.45) is 1.62. The number of anilines is 1. The maximum atomic E-state index is 14.6. The minimum absolute atomic E-state index is 0.0161.